The van der Waals surface area contributed by atoms with Crippen molar-refractivity contribution in [3.05, 3.63) is 41.3 Å². The van der Waals surface area contributed by atoms with Crippen LogP contribution < -0.4 is 0 Å². The number of halogens is 1. The van der Waals surface area contributed by atoms with Gasteiger partial charge in [-0.25, -0.2) is 4.39 Å². The molecule has 1 saturated heterocycles. The van der Waals surface area contributed by atoms with Gasteiger partial charge in [0, 0.05) is 33.4 Å². The van der Waals surface area contributed by atoms with Crippen LogP contribution in [0, 0.1) is 11.7 Å². The van der Waals surface area contributed by atoms with Gasteiger partial charge in [-0.1, -0.05) is 19.1 Å². The lowest BCUT2D eigenvalue weighted by Crippen LogP contribution is -2.39. The Labute approximate surface area is 153 Å². The monoisotopic (exact) mass is 360 g/mol. The first kappa shape index (κ1) is 18.6. The third kappa shape index (κ3) is 3.65. The molecule has 0 aliphatic carbocycles. The summed E-state index contributed by atoms with van der Waals surface area (Å²) in [6.07, 6.45) is 2.58. The second-order valence-electron chi connectivity index (χ2n) is 7.01. The number of piperidine rings is 1. The van der Waals surface area contributed by atoms with Gasteiger partial charge in [-0.05, 0) is 42.9 Å². The highest BCUT2D eigenvalue weighted by Crippen LogP contribution is 2.34. The van der Waals surface area contributed by atoms with Crippen molar-refractivity contribution in [1.82, 2.24) is 9.80 Å². The molecule has 1 aromatic carbocycles. The van der Waals surface area contributed by atoms with Gasteiger partial charge < -0.3 is 9.64 Å². The lowest BCUT2D eigenvalue weighted by atomic mass is 9.97. The first-order valence-electron chi connectivity index (χ1n) is 9.13. The van der Waals surface area contributed by atoms with E-state index in [9.17, 15) is 14.0 Å². The molecule has 0 spiro atoms. The highest BCUT2D eigenvalue weighted by atomic mass is 19.1. The Morgan fingerprint density at radius 2 is 1.77 bits per heavy atom. The predicted octanol–water partition coefficient (Wildman–Crippen LogP) is 2.67. The van der Waals surface area contributed by atoms with Crippen molar-refractivity contribution in [2.75, 3.05) is 33.4 Å². The topological polar surface area (TPSA) is 49.9 Å². The molecular weight excluding hydrogens is 335 g/mol. The number of methoxy groups -OCH3 is 1. The molecular formula is C20H25FN2O3. The van der Waals surface area contributed by atoms with Crippen molar-refractivity contribution < 1.29 is 18.7 Å². The van der Waals surface area contributed by atoms with Crippen LogP contribution in [-0.4, -0.2) is 55.0 Å². The number of hydrogen-bond donors (Lipinski definition) is 0. The van der Waals surface area contributed by atoms with Crippen molar-refractivity contribution in [1.29, 1.82) is 0 Å². The van der Waals surface area contributed by atoms with E-state index in [1.165, 1.54) is 17.0 Å². The molecule has 5 nitrogen and oxygen atoms in total. The highest BCUT2D eigenvalue weighted by Gasteiger charge is 2.41. The molecule has 140 valence electrons. The number of rotatable bonds is 6. The number of imide groups is 1. The minimum atomic E-state index is -0.364. The number of hydrogen-bond acceptors (Lipinski definition) is 4. The van der Waals surface area contributed by atoms with Crippen LogP contribution in [0.25, 0.3) is 5.57 Å². The normalized spacial score (nSPS) is 19.0. The number of benzene rings is 1. The summed E-state index contributed by atoms with van der Waals surface area (Å²) < 4.78 is 18.4. The predicted molar refractivity (Wildman–Crippen MR) is 96.5 cm³/mol. The molecule has 0 N–H and O–H groups in total. The van der Waals surface area contributed by atoms with Crippen LogP contribution >= 0.6 is 0 Å². The van der Waals surface area contributed by atoms with Gasteiger partial charge in [-0.15, -0.1) is 0 Å². The third-order valence-electron chi connectivity index (χ3n) is 5.11. The molecule has 0 unspecified atom stereocenters. The molecule has 2 amide bonds. The SMILES string of the molecule is COCCCN1C(=O)C(c2ccc(F)cc2)=C(N2CCC(C)CC2)C1=O. The van der Waals surface area contributed by atoms with E-state index in [1.807, 2.05) is 4.90 Å². The number of carbonyl (C=O) groups excluding carboxylic acids is 2. The zero-order valence-corrected chi connectivity index (χ0v) is 15.3. The van der Waals surface area contributed by atoms with Gasteiger partial charge in [0.25, 0.3) is 11.8 Å². The maximum Gasteiger partial charge on any atom is 0.277 e. The van der Waals surface area contributed by atoms with Crippen LogP contribution in [0.5, 0.6) is 0 Å². The molecule has 3 rings (SSSR count). The molecule has 1 aromatic rings. The first-order chi connectivity index (χ1) is 12.5. The Balaban J connectivity index is 1.95. The number of ether oxygens (including phenoxy) is 1. The summed E-state index contributed by atoms with van der Waals surface area (Å²) in [5.74, 6) is -0.297. The first-order valence-corrected chi connectivity index (χ1v) is 9.13. The molecule has 2 heterocycles. The molecule has 0 aromatic heterocycles. The summed E-state index contributed by atoms with van der Waals surface area (Å²) in [6.45, 7) is 4.52. The number of nitrogens with zero attached hydrogens (tertiary/aromatic N) is 2. The average molecular weight is 360 g/mol. The smallest absolute Gasteiger partial charge is 0.277 e. The molecule has 2 aliphatic rings. The van der Waals surface area contributed by atoms with E-state index in [-0.39, 0.29) is 17.6 Å². The van der Waals surface area contributed by atoms with Gasteiger partial charge in [0.05, 0.1) is 5.57 Å². The van der Waals surface area contributed by atoms with Crippen LogP contribution in [0.4, 0.5) is 4.39 Å². The number of amides is 2. The molecule has 1 fully saturated rings. The fourth-order valence-corrected chi connectivity index (χ4v) is 3.54. The van der Waals surface area contributed by atoms with Crippen LogP contribution in [0.3, 0.4) is 0 Å². The summed E-state index contributed by atoms with van der Waals surface area (Å²) in [6, 6.07) is 5.79. The second-order valence-corrected chi connectivity index (χ2v) is 7.01. The molecule has 26 heavy (non-hydrogen) atoms. The highest BCUT2D eigenvalue weighted by molar-refractivity contribution is 6.35. The summed E-state index contributed by atoms with van der Waals surface area (Å²) in [5.41, 5.74) is 1.44. The van der Waals surface area contributed by atoms with E-state index in [2.05, 4.69) is 6.92 Å². The Morgan fingerprint density at radius 1 is 1.12 bits per heavy atom. The lowest BCUT2D eigenvalue weighted by molar-refractivity contribution is -0.137. The summed E-state index contributed by atoms with van der Waals surface area (Å²) in [4.78, 5) is 29.4. The van der Waals surface area contributed by atoms with E-state index >= 15 is 0 Å². The van der Waals surface area contributed by atoms with Crippen molar-refractivity contribution >= 4 is 17.4 Å². The van der Waals surface area contributed by atoms with Crippen LogP contribution in [-0.2, 0) is 14.3 Å². The van der Waals surface area contributed by atoms with Gasteiger partial charge >= 0.3 is 0 Å². The molecule has 0 bridgehead atoms. The average Bonchev–Trinajstić information content (AvgIpc) is 2.88. The Morgan fingerprint density at radius 3 is 2.38 bits per heavy atom. The Kier molecular flexibility index (Phi) is 5.71. The number of carbonyl (C=O) groups is 2. The molecule has 2 aliphatic heterocycles. The molecule has 6 heteroatoms. The van der Waals surface area contributed by atoms with Gasteiger partial charge in [-0.3, -0.25) is 14.5 Å². The molecule has 0 radical (unpaired) electrons. The van der Waals surface area contributed by atoms with Crippen LogP contribution in [0.1, 0.15) is 31.7 Å². The van der Waals surface area contributed by atoms with Gasteiger partial charge in [0.1, 0.15) is 11.5 Å². The van der Waals surface area contributed by atoms with Crippen molar-refractivity contribution in [2.24, 2.45) is 5.92 Å². The lowest BCUT2D eigenvalue weighted by Gasteiger charge is -2.32. The van der Waals surface area contributed by atoms with Gasteiger partial charge in [0.2, 0.25) is 0 Å². The van der Waals surface area contributed by atoms with Crippen molar-refractivity contribution in [3.63, 3.8) is 0 Å². The van der Waals surface area contributed by atoms with Crippen LogP contribution in [0.15, 0.2) is 30.0 Å². The van der Waals surface area contributed by atoms with E-state index in [4.69, 9.17) is 4.74 Å². The fraction of sp³-hybridized carbons (Fsp3) is 0.500. The summed E-state index contributed by atoms with van der Waals surface area (Å²) >= 11 is 0. The third-order valence-corrected chi connectivity index (χ3v) is 5.11. The Hall–Kier alpha value is -2.21. The van der Waals surface area contributed by atoms with E-state index in [0.717, 1.165) is 25.9 Å². The number of likely N-dealkylation sites (tertiary alicyclic amines) is 1. The zero-order chi connectivity index (χ0) is 18.7. The summed E-state index contributed by atoms with van der Waals surface area (Å²) in [5, 5.41) is 0. The van der Waals surface area contributed by atoms with E-state index in [0.29, 0.717) is 42.3 Å². The fourth-order valence-electron chi connectivity index (χ4n) is 3.54. The standard InChI is InChI=1S/C20H25FN2O3/c1-14-8-11-22(12-9-14)18-17(15-4-6-16(21)7-5-15)19(24)23(20(18)25)10-3-13-26-2/h4-7,14H,3,8-13H2,1-2H3. The van der Waals surface area contributed by atoms with Crippen molar-refractivity contribution in [3.8, 4) is 0 Å². The van der Waals surface area contributed by atoms with Crippen LogP contribution in [0.2, 0.25) is 0 Å². The van der Waals surface area contributed by atoms with Crippen molar-refractivity contribution in [2.45, 2.75) is 26.2 Å². The van der Waals surface area contributed by atoms with Gasteiger partial charge in [-0.2, -0.15) is 0 Å². The largest absolute Gasteiger partial charge is 0.385 e. The van der Waals surface area contributed by atoms with E-state index < -0.39 is 0 Å². The minimum Gasteiger partial charge on any atom is -0.385 e. The zero-order valence-electron chi connectivity index (χ0n) is 15.3. The maximum absolute atomic E-state index is 13.3. The molecule has 0 atom stereocenters. The quantitative estimate of drug-likeness (QED) is 0.578. The summed E-state index contributed by atoms with van der Waals surface area (Å²) in [7, 11) is 1.59. The minimum absolute atomic E-state index is 0.250. The molecule has 0 saturated carbocycles. The van der Waals surface area contributed by atoms with E-state index in [1.54, 1.807) is 19.2 Å². The maximum atomic E-state index is 13.3. The Bertz CT molecular complexity index is 706. The second kappa shape index (κ2) is 7.99. The van der Waals surface area contributed by atoms with Gasteiger partial charge in [0.15, 0.2) is 0 Å².